The fourth-order valence-corrected chi connectivity index (χ4v) is 4.51. The maximum absolute atomic E-state index is 13.5. The van der Waals surface area contributed by atoms with Gasteiger partial charge in [-0.25, -0.2) is 9.50 Å². The lowest BCUT2D eigenvalue weighted by atomic mass is 10.1. The Morgan fingerprint density at radius 2 is 1.95 bits per heavy atom. The Hall–Kier alpha value is -4.59. The highest BCUT2D eigenvalue weighted by atomic mass is 19.4. The summed E-state index contributed by atoms with van der Waals surface area (Å²) < 4.78 is 41.5. The summed E-state index contributed by atoms with van der Waals surface area (Å²) in [7, 11) is 0. The maximum atomic E-state index is 13.5. The molecule has 0 spiro atoms. The quantitative estimate of drug-likeness (QED) is 0.381. The second kappa shape index (κ2) is 10.6. The first-order chi connectivity index (χ1) is 18.7. The third-order valence-corrected chi connectivity index (χ3v) is 6.58. The van der Waals surface area contributed by atoms with Crippen molar-refractivity contribution in [2.75, 3.05) is 18.4 Å². The lowest BCUT2D eigenvalue weighted by Gasteiger charge is -2.28. The van der Waals surface area contributed by atoms with Crippen molar-refractivity contribution in [3.05, 3.63) is 93.2 Å². The van der Waals surface area contributed by atoms with Crippen LogP contribution in [0.2, 0.25) is 0 Å². The maximum Gasteiger partial charge on any atom is 0.416 e. The van der Waals surface area contributed by atoms with E-state index in [2.05, 4.69) is 27.2 Å². The summed E-state index contributed by atoms with van der Waals surface area (Å²) in [6.45, 7) is 2.63. The van der Waals surface area contributed by atoms with Gasteiger partial charge in [-0.2, -0.15) is 18.3 Å². The van der Waals surface area contributed by atoms with Crippen LogP contribution in [-0.4, -0.2) is 43.1 Å². The van der Waals surface area contributed by atoms with Gasteiger partial charge in [-0.05, 0) is 49.2 Å². The van der Waals surface area contributed by atoms with Crippen molar-refractivity contribution < 1.29 is 18.0 Å². The number of aromatic nitrogens is 4. The van der Waals surface area contributed by atoms with Crippen molar-refractivity contribution >= 4 is 17.4 Å². The van der Waals surface area contributed by atoms with Crippen LogP contribution in [0.15, 0.2) is 59.5 Å². The molecule has 1 aliphatic heterocycles. The largest absolute Gasteiger partial charge is 0.416 e. The third-order valence-electron chi connectivity index (χ3n) is 6.58. The minimum atomic E-state index is -4.38. The Morgan fingerprint density at radius 3 is 2.67 bits per heavy atom. The summed E-state index contributed by atoms with van der Waals surface area (Å²) in [5.41, 5.74) is 1.88. The Morgan fingerprint density at radius 1 is 1.15 bits per heavy atom. The molecule has 0 unspecified atom stereocenters. The second-order valence-corrected chi connectivity index (χ2v) is 9.13. The number of hydrogen-bond donors (Lipinski definition) is 1. The molecule has 8 nitrogen and oxygen atoms in total. The monoisotopic (exact) mass is 534 g/mol. The van der Waals surface area contributed by atoms with Gasteiger partial charge in [0.25, 0.3) is 11.5 Å². The lowest BCUT2D eigenvalue weighted by molar-refractivity contribution is -0.137. The molecule has 200 valence electrons. The molecule has 0 saturated heterocycles. The average molecular weight is 535 g/mol. The van der Waals surface area contributed by atoms with Crippen LogP contribution in [0.1, 0.15) is 39.8 Å². The molecule has 1 aliphatic rings. The van der Waals surface area contributed by atoms with Gasteiger partial charge in [-0.15, -0.1) is 5.92 Å². The summed E-state index contributed by atoms with van der Waals surface area (Å²) in [5, 5.41) is 7.51. The van der Waals surface area contributed by atoms with Gasteiger partial charge in [0.2, 0.25) is 5.95 Å². The highest BCUT2D eigenvalue weighted by molar-refractivity contribution is 5.93. The number of fused-ring (bicyclic) bond motifs is 2. The van der Waals surface area contributed by atoms with Crippen molar-refractivity contribution in [3.8, 4) is 11.8 Å². The first-order valence-corrected chi connectivity index (χ1v) is 12.4. The number of anilines is 1. The molecule has 1 aromatic carbocycles. The molecule has 1 N–H and O–H groups in total. The highest BCUT2D eigenvalue weighted by Gasteiger charge is 2.30. The van der Waals surface area contributed by atoms with E-state index < -0.39 is 11.7 Å². The van der Waals surface area contributed by atoms with Crippen molar-refractivity contribution in [3.63, 3.8) is 0 Å². The number of hydrogen-bond acceptors (Lipinski definition) is 5. The highest BCUT2D eigenvalue weighted by Crippen LogP contribution is 2.29. The van der Waals surface area contributed by atoms with Crippen molar-refractivity contribution in [2.45, 2.75) is 39.0 Å². The molecular weight excluding hydrogens is 509 g/mol. The number of alkyl halides is 3. The molecular formula is C28H25F3N6O2. The van der Waals surface area contributed by atoms with E-state index in [1.54, 1.807) is 28.6 Å². The second-order valence-electron chi connectivity index (χ2n) is 9.13. The van der Waals surface area contributed by atoms with Crippen LogP contribution in [0, 0.1) is 11.8 Å². The molecule has 3 aromatic heterocycles. The summed E-state index contributed by atoms with van der Waals surface area (Å²) >= 11 is 0. The minimum Gasteiger partial charge on any atom is -0.355 e. The van der Waals surface area contributed by atoms with Gasteiger partial charge in [0.15, 0.2) is 5.69 Å². The number of nitrogens with one attached hydrogen (secondary N) is 1. The molecule has 4 heterocycles. The molecule has 0 bridgehead atoms. The van der Waals surface area contributed by atoms with E-state index in [0.717, 1.165) is 23.2 Å². The normalized spacial score (nSPS) is 13.1. The molecule has 39 heavy (non-hydrogen) atoms. The van der Waals surface area contributed by atoms with Crippen LogP contribution in [0.25, 0.3) is 5.52 Å². The van der Waals surface area contributed by atoms with E-state index in [-0.39, 0.29) is 24.6 Å². The molecule has 0 radical (unpaired) electrons. The molecule has 11 heteroatoms. The van der Waals surface area contributed by atoms with Crippen LogP contribution < -0.4 is 10.9 Å². The number of nitrogens with zero attached hydrogens (tertiary/aromatic N) is 5. The number of carbonyl (C=O) groups is 1. The van der Waals surface area contributed by atoms with Gasteiger partial charge in [0.1, 0.15) is 0 Å². The van der Waals surface area contributed by atoms with Gasteiger partial charge in [0.05, 0.1) is 35.4 Å². The number of rotatable bonds is 6. The number of carbonyl (C=O) groups excluding carboxylic acids is 1. The van der Waals surface area contributed by atoms with Crippen LogP contribution in [0.4, 0.5) is 19.1 Å². The molecule has 4 aromatic rings. The fraction of sp³-hybridized carbons (Fsp3) is 0.286. The lowest BCUT2D eigenvalue weighted by Crippen LogP contribution is -2.41. The first-order valence-electron chi connectivity index (χ1n) is 12.4. The summed E-state index contributed by atoms with van der Waals surface area (Å²) in [4.78, 5) is 33.0. The average Bonchev–Trinajstić information content (AvgIpc) is 3.36. The van der Waals surface area contributed by atoms with E-state index in [0.29, 0.717) is 48.8 Å². The number of amides is 1. The predicted molar refractivity (Wildman–Crippen MR) is 139 cm³/mol. The standard InChI is InChI=1S/C28H25F3N6O2/c1-2-3-14-36-25(38)22-18-35(26(39)24-17-21-6-4-5-15-37(21)34-24)16-12-23(22)33-27(36)32-13-11-19-7-9-20(10-8-19)28(29,30)31/h4-10,15,17H,11-14,16,18H2,1H3,(H,32,33). The predicted octanol–water partition coefficient (Wildman–Crippen LogP) is 3.79. The van der Waals surface area contributed by atoms with Gasteiger partial charge >= 0.3 is 6.18 Å². The zero-order chi connectivity index (χ0) is 27.6. The molecule has 0 saturated carbocycles. The topological polar surface area (TPSA) is 84.5 Å². The smallest absolute Gasteiger partial charge is 0.355 e. The van der Waals surface area contributed by atoms with Crippen LogP contribution >= 0.6 is 0 Å². The number of benzene rings is 1. The Balaban J connectivity index is 1.34. The van der Waals surface area contributed by atoms with E-state index in [1.807, 2.05) is 18.2 Å². The van der Waals surface area contributed by atoms with Crippen LogP contribution in [0.5, 0.6) is 0 Å². The summed E-state index contributed by atoms with van der Waals surface area (Å²) in [6, 6.07) is 12.3. The molecule has 1 amide bonds. The fourth-order valence-electron chi connectivity index (χ4n) is 4.51. The van der Waals surface area contributed by atoms with E-state index in [9.17, 15) is 22.8 Å². The molecule has 0 atom stereocenters. The van der Waals surface area contributed by atoms with Gasteiger partial charge in [-0.3, -0.25) is 14.2 Å². The van der Waals surface area contributed by atoms with E-state index >= 15 is 0 Å². The van der Waals surface area contributed by atoms with Gasteiger partial charge in [0, 0.05) is 25.7 Å². The van der Waals surface area contributed by atoms with E-state index in [4.69, 9.17) is 0 Å². The summed E-state index contributed by atoms with van der Waals surface area (Å²) in [6.07, 6.45) is -1.78. The Labute approximate surface area is 222 Å². The molecule has 0 fully saturated rings. The van der Waals surface area contributed by atoms with Gasteiger partial charge in [-0.1, -0.05) is 24.1 Å². The van der Waals surface area contributed by atoms with Crippen molar-refractivity contribution in [1.82, 2.24) is 24.1 Å². The minimum absolute atomic E-state index is 0.110. The number of halogens is 3. The van der Waals surface area contributed by atoms with Gasteiger partial charge < -0.3 is 10.2 Å². The zero-order valence-electron chi connectivity index (χ0n) is 21.1. The Kier molecular flexibility index (Phi) is 7.11. The zero-order valence-corrected chi connectivity index (χ0v) is 21.1. The summed E-state index contributed by atoms with van der Waals surface area (Å²) in [5.74, 6) is 5.75. The molecule has 5 rings (SSSR count). The first kappa shape index (κ1) is 26.0. The van der Waals surface area contributed by atoms with Crippen LogP contribution in [-0.2, 0) is 32.1 Å². The third kappa shape index (κ3) is 5.50. The Bertz CT molecular complexity index is 1610. The molecule has 0 aliphatic carbocycles. The van der Waals surface area contributed by atoms with Crippen molar-refractivity contribution in [2.24, 2.45) is 0 Å². The van der Waals surface area contributed by atoms with Crippen molar-refractivity contribution in [1.29, 1.82) is 0 Å². The number of pyridine rings is 1. The van der Waals surface area contributed by atoms with Crippen LogP contribution in [0.3, 0.4) is 0 Å². The SMILES string of the molecule is CC#CCn1c(NCCc2ccc(C(F)(F)F)cc2)nc2c(c1=O)CN(C(=O)c1cc3ccccn3n1)CC2. The van der Waals surface area contributed by atoms with E-state index in [1.165, 1.54) is 16.7 Å².